The van der Waals surface area contributed by atoms with Gasteiger partial charge in [0.2, 0.25) is 11.8 Å². The van der Waals surface area contributed by atoms with Crippen LogP contribution < -0.4 is 10.6 Å². The predicted octanol–water partition coefficient (Wildman–Crippen LogP) is 3.31. The Morgan fingerprint density at radius 1 is 1.00 bits per heavy atom. The molecule has 3 rings (SSSR count). The van der Waals surface area contributed by atoms with Crippen LogP contribution in [-0.2, 0) is 9.59 Å². The number of rotatable bonds is 6. The molecule has 1 heterocycles. The number of carbonyl (C=O) groups excluding carboxylic acids is 2. The number of anilines is 1. The van der Waals surface area contributed by atoms with Crippen molar-refractivity contribution in [2.45, 2.75) is 25.9 Å². The Kier molecular flexibility index (Phi) is 5.66. The highest BCUT2D eigenvalue weighted by atomic mass is 16.2. The van der Waals surface area contributed by atoms with Gasteiger partial charge in [0, 0.05) is 25.0 Å². The number of hydrogen-bond donors (Lipinski definition) is 2. The topological polar surface area (TPSA) is 76.0 Å². The van der Waals surface area contributed by atoms with Gasteiger partial charge in [-0.1, -0.05) is 42.5 Å². The first-order valence-corrected chi connectivity index (χ1v) is 8.76. The van der Waals surface area contributed by atoms with Gasteiger partial charge in [-0.15, -0.1) is 0 Å². The predicted molar refractivity (Wildman–Crippen MR) is 104 cm³/mol. The van der Waals surface area contributed by atoms with Gasteiger partial charge in [-0.3, -0.25) is 14.3 Å². The second kappa shape index (κ2) is 8.31. The second-order valence-corrected chi connectivity index (χ2v) is 6.34. The Hall–Kier alpha value is -3.41. The number of amides is 2. The fourth-order valence-electron chi connectivity index (χ4n) is 2.96. The van der Waals surface area contributed by atoms with E-state index in [1.165, 1.54) is 6.92 Å². The zero-order valence-electron chi connectivity index (χ0n) is 15.3. The summed E-state index contributed by atoms with van der Waals surface area (Å²) in [4.78, 5) is 24.3. The smallest absolute Gasteiger partial charge is 0.249 e. The maximum absolute atomic E-state index is 13.0. The summed E-state index contributed by atoms with van der Waals surface area (Å²) in [6.07, 6.45) is 3.43. The highest BCUT2D eigenvalue weighted by molar-refractivity contribution is 5.88. The molecule has 0 spiro atoms. The molecule has 0 saturated carbocycles. The van der Waals surface area contributed by atoms with E-state index in [1.807, 2.05) is 61.5 Å². The van der Waals surface area contributed by atoms with Crippen molar-refractivity contribution in [1.29, 1.82) is 0 Å². The zero-order valence-corrected chi connectivity index (χ0v) is 15.3. The molecule has 6 heteroatoms. The molecule has 0 aliphatic heterocycles. The highest BCUT2D eigenvalue weighted by Gasteiger charge is 2.24. The Morgan fingerprint density at radius 2 is 1.74 bits per heavy atom. The van der Waals surface area contributed by atoms with E-state index in [4.69, 9.17) is 0 Å². The minimum atomic E-state index is -0.554. The van der Waals surface area contributed by atoms with Crippen LogP contribution in [-0.4, -0.2) is 21.6 Å². The minimum Gasteiger partial charge on any atom is -0.347 e. The number of benzene rings is 2. The molecular formula is C21H22N4O2. The summed E-state index contributed by atoms with van der Waals surface area (Å²) in [7, 11) is 0. The molecule has 0 saturated heterocycles. The lowest BCUT2D eigenvalue weighted by atomic mass is 10.0. The maximum Gasteiger partial charge on any atom is 0.249 e. The third kappa shape index (κ3) is 4.61. The van der Waals surface area contributed by atoms with Gasteiger partial charge in [-0.2, -0.15) is 5.10 Å². The van der Waals surface area contributed by atoms with Crippen LogP contribution in [0.2, 0.25) is 0 Å². The van der Waals surface area contributed by atoms with Crippen LogP contribution in [0.5, 0.6) is 0 Å². The molecule has 0 radical (unpaired) electrons. The van der Waals surface area contributed by atoms with E-state index in [0.717, 1.165) is 11.1 Å². The third-order valence-corrected chi connectivity index (χ3v) is 4.22. The monoisotopic (exact) mass is 362 g/mol. The fraction of sp³-hybridized carbons (Fsp3) is 0.190. The summed E-state index contributed by atoms with van der Waals surface area (Å²) < 4.78 is 1.64. The standard InChI is InChI=1S/C21H22N4O2/c1-15(18-10-6-11-19(14-18)24-16(2)26)23-21(27)20(25-13-7-12-22-25)17-8-4-3-5-9-17/h3-15,20H,1-2H3,(H,23,27)(H,24,26). The van der Waals surface area contributed by atoms with Crippen molar-refractivity contribution >= 4 is 17.5 Å². The molecule has 0 aliphatic rings. The van der Waals surface area contributed by atoms with Crippen LogP contribution in [0.15, 0.2) is 73.1 Å². The van der Waals surface area contributed by atoms with E-state index in [-0.39, 0.29) is 17.9 Å². The SMILES string of the molecule is CC(=O)Nc1cccc(C(C)NC(=O)C(c2ccccc2)n2cccn2)c1. The van der Waals surface area contributed by atoms with Crippen molar-refractivity contribution in [3.05, 3.63) is 84.2 Å². The molecule has 1 aromatic heterocycles. The number of aromatic nitrogens is 2. The minimum absolute atomic E-state index is 0.133. The summed E-state index contributed by atoms with van der Waals surface area (Å²) >= 11 is 0. The Morgan fingerprint density at radius 3 is 2.41 bits per heavy atom. The second-order valence-electron chi connectivity index (χ2n) is 6.34. The molecule has 2 atom stereocenters. The van der Waals surface area contributed by atoms with Gasteiger partial charge >= 0.3 is 0 Å². The van der Waals surface area contributed by atoms with Crippen molar-refractivity contribution in [3.63, 3.8) is 0 Å². The normalized spacial score (nSPS) is 12.8. The van der Waals surface area contributed by atoms with Crippen LogP contribution in [0, 0.1) is 0 Å². The van der Waals surface area contributed by atoms with Gasteiger partial charge in [-0.05, 0) is 36.2 Å². The van der Waals surface area contributed by atoms with Crippen LogP contribution in [0.1, 0.15) is 37.1 Å². The summed E-state index contributed by atoms with van der Waals surface area (Å²) in [6, 6.07) is 18.0. The van der Waals surface area contributed by atoms with Gasteiger partial charge < -0.3 is 10.6 Å². The van der Waals surface area contributed by atoms with Crippen molar-refractivity contribution in [2.75, 3.05) is 5.32 Å². The molecule has 27 heavy (non-hydrogen) atoms. The summed E-state index contributed by atoms with van der Waals surface area (Å²) in [6.45, 7) is 3.38. The first kappa shape index (κ1) is 18.4. The van der Waals surface area contributed by atoms with Gasteiger partial charge in [-0.25, -0.2) is 0 Å². The van der Waals surface area contributed by atoms with Crippen molar-refractivity contribution in [3.8, 4) is 0 Å². The van der Waals surface area contributed by atoms with E-state index in [1.54, 1.807) is 23.1 Å². The molecule has 2 N–H and O–H groups in total. The lowest BCUT2D eigenvalue weighted by Gasteiger charge is -2.21. The molecule has 2 aromatic carbocycles. The van der Waals surface area contributed by atoms with Gasteiger partial charge in [0.25, 0.3) is 0 Å². The zero-order chi connectivity index (χ0) is 19.2. The number of nitrogens with one attached hydrogen (secondary N) is 2. The van der Waals surface area contributed by atoms with E-state index in [2.05, 4.69) is 15.7 Å². The lowest BCUT2D eigenvalue weighted by molar-refractivity contribution is -0.124. The Bertz CT molecular complexity index is 907. The first-order chi connectivity index (χ1) is 13.0. The molecule has 0 bridgehead atoms. The van der Waals surface area contributed by atoms with E-state index >= 15 is 0 Å². The summed E-state index contributed by atoms with van der Waals surface area (Å²) in [5, 5.41) is 10.1. The van der Waals surface area contributed by atoms with Crippen LogP contribution in [0.25, 0.3) is 0 Å². The molecule has 6 nitrogen and oxygen atoms in total. The van der Waals surface area contributed by atoms with Crippen molar-refractivity contribution < 1.29 is 9.59 Å². The van der Waals surface area contributed by atoms with E-state index in [0.29, 0.717) is 5.69 Å². The average Bonchev–Trinajstić information content (AvgIpc) is 3.16. The number of carbonyl (C=O) groups is 2. The highest BCUT2D eigenvalue weighted by Crippen LogP contribution is 2.21. The van der Waals surface area contributed by atoms with Gasteiger partial charge in [0.1, 0.15) is 0 Å². The van der Waals surface area contributed by atoms with Gasteiger partial charge in [0.05, 0.1) is 6.04 Å². The van der Waals surface area contributed by atoms with Gasteiger partial charge in [0.15, 0.2) is 6.04 Å². The van der Waals surface area contributed by atoms with Crippen LogP contribution in [0.4, 0.5) is 5.69 Å². The Labute approximate surface area is 158 Å². The molecule has 2 amide bonds. The van der Waals surface area contributed by atoms with Crippen molar-refractivity contribution in [2.24, 2.45) is 0 Å². The maximum atomic E-state index is 13.0. The number of nitrogens with zero attached hydrogens (tertiary/aromatic N) is 2. The first-order valence-electron chi connectivity index (χ1n) is 8.76. The van der Waals surface area contributed by atoms with Crippen LogP contribution >= 0.6 is 0 Å². The summed E-state index contributed by atoms with van der Waals surface area (Å²) in [5.41, 5.74) is 2.47. The van der Waals surface area contributed by atoms with Crippen molar-refractivity contribution in [1.82, 2.24) is 15.1 Å². The van der Waals surface area contributed by atoms with Crippen LogP contribution in [0.3, 0.4) is 0 Å². The molecule has 0 aliphatic carbocycles. The molecule has 3 aromatic rings. The third-order valence-electron chi connectivity index (χ3n) is 4.22. The molecule has 0 fully saturated rings. The average molecular weight is 362 g/mol. The lowest BCUT2D eigenvalue weighted by Crippen LogP contribution is -2.35. The largest absolute Gasteiger partial charge is 0.347 e. The quantitative estimate of drug-likeness (QED) is 0.706. The van der Waals surface area contributed by atoms with E-state index in [9.17, 15) is 9.59 Å². The van der Waals surface area contributed by atoms with E-state index < -0.39 is 6.04 Å². The number of hydrogen-bond acceptors (Lipinski definition) is 3. The Balaban J connectivity index is 1.80. The molecular weight excluding hydrogens is 340 g/mol. The fourth-order valence-corrected chi connectivity index (χ4v) is 2.96. The molecule has 138 valence electrons. The summed E-state index contributed by atoms with van der Waals surface area (Å²) in [5.74, 6) is -0.283. The molecule has 2 unspecified atom stereocenters.